The second kappa shape index (κ2) is 5.07. The Kier molecular flexibility index (Phi) is 4.17. The van der Waals surface area contributed by atoms with E-state index in [0.717, 1.165) is 0 Å². The van der Waals surface area contributed by atoms with Crippen LogP contribution in [0.5, 0.6) is 5.88 Å². The number of carboxylic acids is 1. The van der Waals surface area contributed by atoms with Gasteiger partial charge in [-0.3, -0.25) is 4.79 Å². The zero-order valence-corrected chi connectivity index (χ0v) is 10.7. The molecule has 0 unspecified atom stereocenters. The van der Waals surface area contributed by atoms with Gasteiger partial charge in [-0.05, 0) is 35.6 Å². The summed E-state index contributed by atoms with van der Waals surface area (Å²) >= 11 is 1.79. The Morgan fingerprint density at radius 1 is 1.59 bits per heavy atom. The normalized spacial score (nSPS) is 11.4. The van der Waals surface area contributed by atoms with Gasteiger partial charge in [0.1, 0.15) is 0 Å². The van der Waals surface area contributed by atoms with Crippen LogP contribution < -0.4 is 4.74 Å². The van der Waals surface area contributed by atoms with Crippen molar-refractivity contribution in [3.63, 3.8) is 0 Å². The molecule has 1 aromatic rings. The Hall–Kier alpha value is -1.06. The van der Waals surface area contributed by atoms with Gasteiger partial charge in [0.05, 0.1) is 12.1 Å². The molecule has 0 aliphatic carbocycles. The number of carboxylic acid groups (broad SMARTS) is 1. The molecule has 0 saturated heterocycles. The largest absolute Gasteiger partial charge is 0.574 e. The predicted octanol–water partition coefficient (Wildman–Crippen LogP) is 2.52. The fourth-order valence-electron chi connectivity index (χ4n) is 1.06. The van der Waals surface area contributed by atoms with Crippen molar-refractivity contribution in [1.82, 2.24) is 4.98 Å². The molecule has 8 heteroatoms. The molecule has 4 nitrogen and oxygen atoms in total. The van der Waals surface area contributed by atoms with E-state index < -0.39 is 24.6 Å². The highest BCUT2D eigenvalue weighted by atomic mass is 127. The summed E-state index contributed by atoms with van der Waals surface area (Å²) in [6, 6.07) is 1.41. The van der Waals surface area contributed by atoms with Crippen molar-refractivity contribution in [2.45, 2.75) is 19.7 Å². The minimum absolute atomic E-state index is 0.0201. The first kappa shape index (κ1) is 14.0. The quantitative estimate of drug-likeness (QED) is 0.841. The summed E-state index contributed by atoms with van der Waals surface area (Å²) < 4.78 is 40.4. The van der Waals surface area contributed by atoms with E-state index in [1.54, 1.807) is 22.6 Å². The Morgan fingerprint density at radius 2 is 2.18 bits per heavy atom. The maximum Gasteiger partial charge on any atom is 0.574 e. The Balaban J connectivity index is 3.11. The highest BCUT2D eigenvalue weighted by molar-refractivity contribution is 14.1. The van der Waals surface area contributed by atoms with Crippen LogP contribution in [-0.2, 0) is 11.2 Å². The molecule has 0 atom stereocenters. The third-order valence-electron chi connectivity index (χ3n) is 1.76. The van der Waals surface area contributed by atoms with Gasteiger partial charge >= 0.3 is 12.3 Å². The number of pyridine rings is 1. The van der Waals surface area contributed by atoms with E-state index in [1.165, 1.54) is 13.0 Å². The summed E-state index contributed by atoms with van der Waals surface area (Å²) in [4.78, 5) is 14.0. The number of aromatic nitrogens is 1. The molecule has 1 heterocycles. The Bertz CT molecular complexity index is 448. The summed E-state index contributed by atoms with van der Waals surface area (Å²) in [7, 11) is 0. The summed E-state index contributed by atoms with van der Waals surface area (Å²) in [5, 5.41) is 8.55. The smallest absolute Gasteiger partial charge is 0.481 e. The first-order valence-electron chi connectivity index (χ1n) is 4.32. The van der Waals surface area contributed by atoms with Crippen molar-refractivity contribution in [3.05, 3.63) is 20.9 Å². The van der Waals surface area contributed by atoms with Crippen molar-refractivity contribution >= 4 is 28.6 Å². The lowest BCUT2D eigenvalue weighted by molar-refractivity contribution is -0.276. The van der Waals surface area contributed by atoms with Gasteiger partial charge in [0.15, 0.2) is 0 Å². The molecule has 17 heavy (non-hydrogen) atoms. The van der Waals surface area contributed by atoms with Crippen LogP contribution in [0.2, 0.25) is 0 Å². The molecule has 0 bridgehead atoms. The molecular weight excluding hydrogens is 354 g/mol. The fraction of sp³-hybridized carbons (Fsp3) is 0.333. The van der Waals surface area contributed by atoms with Gasteiger partial charge in [0.25, 0.3) is 0 Å². The molecule has 0 amide bonds. The number of ether oxygens (including phenoxy) is 1. The van der Waals surface area contributed by atoms with Crippen LogP contribution in [0.15, 0.2) is 6.07 Å². The number of carbonyl (C=O) groups is 1. The van der Waals surface area contributed by atoms with Crippen LogP contribution in [0.3, 0.4) is 0 Å². The summed E-state index contributed by atoms with van der Waals surface area (Å²) in [6.07, 6.45) is -5.30. The topological polar surface area (TPSA) is 59.4 Å². The molecule has 94 valence electrons. The van der Waals surface area contributed by atoms with E-state index in [1.807, 2.05) is 0 Å². The van der Waals surface area contributed by atoms with Crippen molar-refractivity contribution < 1.29 is 27.8 Å². The molecule has 1 aromatic heterocycles. The zero-order chi connectivity index (χ0) is 13.2. The first-order valence-corrected chi connectivity index (χ1v) is 5.40. The van der Waals surface area contributed by atoms with Gasteiger partial charge in [-0.1, -0.05) is 0 Å². The number of halogens is 4. The summed E-state index contributed by atoms with van der Waals surface area (Å²) in [5.74, 6) is -1.78. The fourth-order valence-corrected chi connectivity index (χ4v) is 1.65. The van der Waals surface area contributed by atoms with Gasteiger partial charge < -0.3 is 9.84 Å². The van der Waals surface area contributed by atoms with Crippen LogP contribution in [-0.4, -0.2) is 22.4 Å². The summed E-state index contributed by atoms with van der Waals surface area (Å²) in [5.41, 5.74) is 0.240. The van der Waals surface area contributed by atoms with Gasteiger partial charge in [-0.2, -0.15) is 0 Å². The Morgan fingerprint density at radius 3 is 2.65 bits per heavy atom. The average molecular weight is 361 g/mol. The van der Waals surface area contributed by atoms with E-state index in [0.29, 0.717) is 3.57 Å². The van der Waals surface area contributed by atoms with Crippen molar-refractivity contribution in [2.75, 3.05) is 0 Å². The molecule has 1 N–H and O–H groups in total. The van der Waals surface area contributed by atoms with E-state index in [2.05, 4.69) is 9.72 Å². The minimum atomic E-state index is -4.84. The van der Waals surface area contributed by atoms with Crippen LogP contribution in [0, 0.1) is 10.5 Å². The summed E-state index contributed by atoms with van der Waals surface area (Å²) in [6.45, 7) is 1.42. The molecule has 0 aliphatic rings. The molecule has 0 spiro atoms. The van der Waals surface area contributed by atoms with E-state index in [-0.39, 0.29) is 11.3 Å². The molecule has 0 fully saturated rings. The number of hydrogen-bond acceptors (Lipinski definition) is 3. The lowest BCUT2D eigenvalue weighted by Gasteiger charge is -2.12. The van der Waals surface area contributed by atoms with E-state index >= 15 is 0 Å². The Labute approximate surface area is 108 Å². The number of rotatable bonds is 3. The standard InChI is InChI=1S/C9H7F3INO3/c1-4-6(13)2-5(3-7(15)16)14-8(4)17-9(10,11)12/h2H,3H2,1H3,(H,15,16). The number of nitrogens with zero attached hydrogens (tertiary/aromatic N) is 1. The predicted molar refractivity (Wildman–Crippen MR) is 59.7 cm³/mol. The van der Waals surface area contributed by atoms with Crippen LogP contribution in [0.4, 0.5) is 13.2 Å². The van der Waals surface area contributed by atoms with Crippen molar-refractivity contribution in [3.8, 4) is 5.88 Å². The third-order valence-corrected chi connectivity index (χ3v) is 2.88. The van der Waals surface area contributed by atoms with Crippen molar-refractivity contribution in [2.24, 2.45) is 0 Å². The first-order chi connectivity index (χ1) is 7.69. The molecule has 0 aromatic carbocycles. The molecule has 0 aliphatic heterocycles. The zero-order valence-electron chi connectivity index (χ0n) is 8.51. The maximum atomic E-state index is 12.1. The van der Waals surface area contributed by atoms with Gasteiger partial charge in [-0.15, -0.1) is 13.2 Å². The maximum absolute atomic E-state index is 12.1. The molecule has 0 radical (unpaired) electrons. The molecule has 0 saturated carbocycles. The number of hydrogen-bond donors (Lipinski definition) is 1. The third kappa shape index (κ3) is 4.36. The lowest BCUT2D eigenvalue weighted by atomic mass is 10.2. The number of aliphatic carboxylic acids is 1. The highest BCUT2D eigenvalue weighted by Crippen LogP contribution is 2.27. The molecular formula is C9H7F3INO3. The van der Waals surface area contributed by atoms with Crippen molar-refractivity contribution in [1.29, 1.82) is 0 Å². The minimum Gasteiger partial charge on any atom is -0.481 e. The second-order valence-electron chi connectivity index (χ2n) is 3.14. The van der Waals surface area contributed by atoms with Crippen LogP contribution in [0.1, 0.15) is 11.3 Å². The molecule has 1 rings (SSSR count). The average Bonchev–Trinajstić information content (AvgIpc) is 2.09. The SMILES string of the molecule is Cc1c(I)cc(CC(=O)O)nc1OC(F)(F)F. The second-order valence-corrected chi connectivity index (χ2v) is 4.31. The van der Waals surface area contributed by atoms with E-state index in [4.69, 9.17) is 5.11 Å². The van der Waals surface area contributed by atoms with Crippen LogP contribution >= 0.6 is 22.6 Å². The lowest BCUT2D eigenvalue weighted by Crippen LogP contribution is -2.19. The van der Waals surface area contributed by atoms with E-state index in [9.17, 15) is 18.0 Å². The van der Waals surface area contributed by atoms with Crippen LogP contribution in [0.25, 0.3) is 0 Å². The van der Waals surface area contributed by atoms with Gasteiger partial charge in [0.2, 0.25) is 5.88 Å². The highest BCUT2D eigenvalue weighted by Gasteiger charge is 2.33. The monoisotopic (exact) mass is 361 g/mol. The number of alkyl halides is 3. The van der Waals surface area contributed by atoms with Gasteiger partial charge in [0, 0.05) is 9.13 Å². The van der Waals surface area contributed by atoms with Gasteiger partial charge in [-0.25, -0.2) is 4.98 Å².